The summed E-state index contributed by atoms with van der Waals surface area (Å²) in [5.74, 6) is 0. The van der Waals surface area contributed by atoms with E-state index in [9.17, 15) is 0 Å². The highest BCUT2D eigenvalue weighted by molar-refractivity contribution is 7.15. The van der Waals surface area contributed by atoms with Gasteiger partial charge in [-0.25, -0.2) is 4.98 Å². The molecular formula is C11H17N3OS. The number of anilines is 1. The van der Waals surface area contributed by atoms with E-state index in [-0.39, 0.29) is 0 Å². The van der Waals surface area contributed by atoms with E-state index in [2.05, 4.69) is 15.6 Å². The van der Waals surface area contributed by atoms with E-state index < -0.39 is 0 Å². The summed E-state index contributed by atoms with van der Waals surface area (Å²) in [5.41, 5.74) is 1.28. The lowest BCUT2D eigenvalue weighted by molar-refractivity contribution is 0.120. The third-order valence-electron chi connectivity index (χ3n) is 3.11. The molecule has 2 aliphatic rings. The first kappa shape index (κ1) is 10.5. The van der Waals surface area contributed by atoms with Gasteiger partial charge in [-0.2, -0.15) is 0 Å². The molecule has 16 heavy (non-hydrogen) atoms. The van der Waals surface area contributed by atoms with Gasteiger partial charge in [0.25, 0.3) is 0 Å². The van der Waals surface area contributed by atoms with Gasteiger partial charge >= 0.3 is 0 Å². The lowest BCUT2D eigenvalue weighted by Crippen LogP contribution is -2.22. The van der Waals surface area contributed by atoms with Gasteiger partial charge in [-0.1, -0.05) is 0 Å². The fraction of sp³-hybridized carbons (Fsp3) is 0.727. The Balaban J connectivity index is 1.59. The quantitative estimate of drug-likeness (QED) is 0.836. The van der Waals surface area contributed by atoms with Gasteiger partial charge < -0.3 is 15.4 Å². The first-order chi connectivity index (χ1) is 7.92. The van der Waals surface area contributed by atoms with E-state index in [0.717, 1.165) is 37.8 Å². The predicted octanol–water partition coefficient (Wildman–Crippen LogP) is 1.38. The molecule has 0 amide bonds. The van der Waals surface area contributed by atoms with Crippen molar-refractivity contribution < 1.29 is 4.74 Å². The number of ether oxygens (including phenoxy) is 1. The minimum absolute atomic E-state index is 0.388. The Bertz CT molecular complexity index is 337. The molecule has 0 aliphatic carbocycles. The molecule has 1 unspecified atom stereocenters. The summed E-state index contributed by atoms with van der Waals surface area (Å²) in [5, 5.41) is 7.83. The van der Waals surface area contributed by atoms with Gasteiger partial charge in [0, 0.05) is 37.5 Å². The number of nitrogens with one attached hydrogen (secondary N) is 2. The summed E-state index contributed by atoms with van der Waals surface area (Å²) in [6.45, 7) is 3.86. The maximum absolute atomic E-state index is 5.58. The summed E-state index contributed by atoms with van der Waals surface area (Å²) >= 11 is 1.78. The highest BCUT2D eigenvalue weighted by Crippen LogP contribution is 2.25. The Morgan fingerprint density at radius 2 is 2.56 bits per heavy atom. The number of fused-ring (bicyclic) bond motifs is 1. The second-order valence-corrected chi connectivity index (χ2v) is 5.42. The Morgan fingerprint density at radius 1 is 1.56 bits per heavy atom. The van der Waals surface area contributed by atoms with E-state index in [1.807, 2.05) is 0 Å². The van der Waals surface area contributed by atoms with Gasteiger partial charge in [0.1, 0.15) is 0 Å². The number of nitrogens with zero attached hydrogens (tertiary/aromatic N) is 1. The van der Waals surface area contributed by atoms with Crippen LogP contribution in [0.3, 0.4) is 0 Å². The normalized spacial score (nSPS) is 24.4. The SMILES string of the molecule is C1COC(CNc2nc3c(s2)CNCC3)C1. The van der Waals surface area contributed by atoms with Crippen molar-refractivity contribution in [3.63, 3.8) is 0 Å². The molecule has 3 heterocycles. The fourth-order valence-corrected chi connectivity index (χ4v) is 3.19. The smallest absolute Gasteiger partial charge is 0.183 e. The summed E-state index contributed by atoms with van der Waals surface area (Å²) in [6, 6.07) is 0. The lowest BCUT2D eigenvalue weighted by atomic mass is 10.2. The minimum Gasteiger partial charge on any atom is -0.376 e. The van der Waals surface area contributed by atoms with Crippen molar-refractivity contribution in [2.24, 2.45) is 0 Å². The standard InChI is InChI=1S/C11H17N3OS/c1-2-8(15-5-1)6-13-11-14-9-3-4-12-7-10(9)16-11/h8,12H,1-7H2,(H,13,14). The maximum atomic E-state index is 5.58. The number of hydrogen-bond donors (Lipinski definition) is 2. The summed E-state index contributed by atoms with van der Waals surface area (Å²) in [7, 11) is 0. The van der Waals surface area contributed by atoms with E-state index in [1.54, 1.807) is 11.3 Å². The average molecular weight is 239 g/mol. The van der Waals surface area contributed by atoms with Crippen molar-refractivity contribution in [3.8, 4) is 0 Å². The van der Waals surface area contributed by atoms with Crippen LogP contribution in [0.2, 0.25) is 0 Å². The molecule has 3 rings (SSSR count). The van der Waals surface area contributed by atoms with Crippen LogP contribution in [0.25, 0.3) is 0 Å². The van der Waals surface area contributed by atoms with Crippen LogP contribution in [0.5, 0.6) is 0 Å². The molecule has 0 saturated carbocycles. The lowest BCUT2D eigenvalue weighted by Gasteiger charge is -2.09. The highest BCUT2D eigenvalue weighted by atomic mass is 32.1. The van der Waals surface area contributed by atoms with Gasteiger partial charge in [0.15, 0.2) is 5.13 Å². The molecule has 1 aromatic heterocycles. The Labute approximate surface area is 99.4 Å². The van der Waals surface area contributed by atoms with Gasteiger partial charge in [0.2, 0.25) is 0 Å². The van der Waals surface area contributed by atoms with E-state index in [1.165, 1.54) is 23.4 Å². The van der Waals surface area contributed by atoms with Gasteiger partial charge in [-0.15, -0.1) is 11.3 Å². The number of rotatable bonds is 3. The van der Waals surface area contributed by atoms with E-state index in [4.69, 9.17) is 4.74 Å². The van der Waals surface area contributed by atoms with E-state index >= 15 is 0 Å². The van der Waals surface area contributed by atoms with Crippen LogP contribution < -0.4 is 10.6 Å². The summed E-state index contributed by atoms with van der Waals surface area (Å²) < 4.78 is 5.58. The molecule has 0 spiro atoms. The van der Waals surface area contributed by atoms with Crippen LogP contribution in [-0.2, 0) is 17.7 Å². The van der Waals surface area contributed by atoms with Crippen molar-refractivity contribution in [3.05, 3.63) is 10.6 Å². The zero-order chi connectivity index (χ0) is 10.8. The molecule has 88 valence electrons. The zero-order valence-electron chi connectivity index (χ0n) is 9.29. The molecule has 4 nitrogen and oxygen atoms in total. The van der Waals surface area contributed by atoms with Crippen molar-refractivity contribution in [2.75, 3.05) is 25.0 Å². The molecule has 2 N–H and O–H groups in total. The third kappa shape index (κ3) is 2.21. The van der Waals surface area contributed by atoms with Crippen LogP contribution in [0.1, 0.15) is 23.4 Å². The van der Waals surface area contributed by atoms with Crippen molar-refractivity contribution in [1.82, 2.24) is 10.3 Å². The summed E-state index contributed by atoms with van der Waals surface area (Å²) in [6.07, 6.45) is 3.83. The third-order valence-corrected chi connectivity index (χ3v) is 4.16. The molecule has 0 radical (unpaired) electrons. The molecule has 1 atom stereocenters. The van der Waals surface area contributed by atoms with Crippen molar-refractivity contribution in [1.29, 1.82) is 0 Å². The largest absolute Gasteiger partial charge is 0.376 e. The topological polar surface area (TPSA) is 46.2 Å². The first-order valence-corrected chi connectivity index (χ1v) is 6.78. The van der Waals surface area contributed by atoms with Crippen LogP contribution in [-0.4, -0.2) is 30.8 Å². The molecule has 0 aromatic carbocycles. The van der Waals surface area contributed by atoms with Crippen LogP contribution >= 0.6 is 11.3 Å². The molecule has 2 aliphatic heterocycles. The number of thiazole rings is 1. The second-order valence-electron chi connectivity index (χ2n) is 4.33. The van der Waals surface area contributed by atoms with E-state index in [0.29, 0.717) is 6.10 Å². The van der Waals surface area contributed by atoms with Gasteiger partial charge in [-0.05, 0) is 12.8 Å². The van der Waals surface area contributed by atoms with Gasteiger partial charge in [-0.3, -0.25) is 0 Å². The number of hydrogen-bond acceptors (Lipinski definition) is 5. The number of aromatic nitrogens is 1. The molecule has 5 heteroatoms. The minimum atomic E-state index is 0.388. The molecule has 1 aromatic rings. The van der Waals surface area contributed by atoms with Crippen molar-refractivity contribution in [2.45, 2.75) is 31.9 Å². The molecule has 0 bridgehead atoms. The monoisotopic (exact) mass is 239 g/mol. The molecule has 1 saturated heterocycles. The van der Waals surface area contributed by atoms with Crippen molar-refractivity contribution >= 4 is 16.5 Å². The van der Waals surface area contributed by atoms with Crippen LogP contribution in [0, 0.1) is 0 Å². The fourth-order valence-electron chi connectivity index (χ4n) is 2.21. The van der Waals surface area contributed by atoms with Crippen LogP contribution in [0.4, 0.5) is 5.13 Å². The Hall–Kier alpha value is -0.650. The molecule has 1 fully saturated rings. The average Bonchev–Trinajstić information content (AvgIpc) is 2.95. The zero-order valence-corrected chi connectivity index (χ0v) is 10.1. The predicted molar refractivity (Wildman–Crippen MR) is 65.0 cm³/mol. The molecular weight excluding hydrogens is 222 g/mol. The maximum Gasteiger partial charge on any atom is 0.183 e. The first-order valence-electron chi connectivity index (χ1n) is 5.96. The second kappa shape index (κ2) is 4.69. The van der Waals surface area contributed by atoms with Gasteiger partial charge in [0.05, 0.1) is 11.8 Å². The summed E-state index contributed by atoms with van der Waals surface area (Å²) in [4.78, 5) is 6.01. The Morgan fingerprint density at radius 3 is 3.38 bits per heavy atom. The highest BCUT2D eigenvalue weighted by Gasteiger charge is 2.17. The van der Waals surface area contributed by atoms with Crippen LogP contribution in [0.15, 0.2) is 0 Å². The Kier molecular flexibility index (Phi) is 3.08.